The molecule has 1 fully saturated rings. The first-order chi connectivity index (χ1) is 9.78. The highest BCUT2D eigenvalue weighted by atomic mass is 32.2. The quantitative estimate of drug-likeness (QED) is 0.903. The number of nitrogens with zero attached hydrogens (tertiary/aromatic N) is 1. The highest BCUT2D eigenvalue weighted by Gasteiger charge is 2.35. The van der Waals surface area contributed by atoms with Gasteiger partial charge in [0.05, 0.1) is 4.90 Å². The minimum atomic E-state index is -3.38. The van der Waals surface area contributed by atoms with E-state index in [1.54, 1.807) is 17.4 Å². The van der Waals surface area contributed by atoms with Gasteiger partial charge in [-0.15, -0.1) is 11.3 Å². The van der Waals surface area contributed by atoms with Crippen molar-refractivity contribution >= 4 is 21.4 Å². The second-order valence-corrected chi connectivity index (χ2v) is 9.62. The maximum atomic E-state index is 12.9. The molecule has 4 nitrogen and oxygen atoms in total. The number of nitrogens with one attached hydrogen (secondary N) is 1. The fourth-order valence-corrected chi connectivity index (χ4v) is 5.79. The Kier molecular flexibility index (Phi) is 5.13. The van der Waals surface area contributed by atoms with Gasteiger partial charge in [-0.1, -0.05) is 13.8 Å². The van der Waals surface area contributed by atoms with Gasteiger partial charge in [0, 0.05) is 24.5 Å². The van der Waals surface area contributed by atoms with Crippen molar-refractivity contribution in [2.75, 3.05) is 14.1 Å². The second kappa shape index (κ2) is 6.36. The van der Waals surface area contributed by atoms with E-state index in [1.807, 2.05) is 12.4 Å². The average molecular weight is 331 g/mol. The van der Waals surface area contributed by atoms with Crippen molar-refractivity contribution in [1.82, 2.24) is 9.62 Å². The van der Waals surface area contributed by atoms with E-state index in [9.17, 15) is 8.42 Å². The van der Waals surface area contributed by atoms with Crippen LogP contribution < -0.4 is 5.32 Å². The lowest BCUT2D eigenvalue weighted by Crippen LogP contribution is -2.41. The van der Waals surface area contributed by atoms with Crippen molar-refractivity contribution < 1.29 is 8.42 Å². The lowest BCUT2D eigenvalue weighted by Gasteiger charge is -2.38. The summed E-state index contributed by atoms with van der Waals surface area (Å²) in [6.07, 6.45) is 4.08. The van der Waals surface area contributed by atoms with Gasteiger partial charge in [0.1, 0.15) is 0 Å². The maximum Gasteiger partial charge on any atom is 0.244 e. The fraction of sp³-hybridized carbons (Fsp3) is 0.733. The SMILES string of the molecule is CNCc1sccc1S(=O)(=O)N(C)C1CCC(C)(C)CC1. The Balaban J connectivity index is 2.17. The summed E-state index contributed by atoms with van der Waals surface area (Å²) in [5.41, 5.74) is 0.348. The van der Waals surface area contributed by atoms with Gasteiger partial charge in [0.2, 0.25) is 10.0 Å². The van der Waals surface area contributed by atoms with Gasteiger partial charge in [-0.2, -0.15) is 4.31 Å². The monoisotopic (exact) mass is 330 g/mol. The summed E-state index contributed by atoms with van der Waals surface area (Å²) >= 11 is 1.50. The molecule has 21 heavy (non-hydrogen) atoms. The van der Waals surface area contributed by atoms with E-state index in [4.69, 9.17) is 0 Å². The molecule has 2 rings (SSSR count). The number of hydrogen-bond donors (Lipinski definition) is 1. The molecular formula is C15H26N2O2S2. The third-order valence-corrected chi connectivity index (χ3v) is 7.57. The third kappa shape index (κ3) is 3.67. The molecule has 0 bridgehead atoms. The first-order valence-electron chi connectivity index (χ1n) is 7.47. The van der Waals surface area contributed by atoms with E-state index in [0.29, 0.717) is 16.9 Å². The van der Waals surface area contributed by atoms with Crippen molar-refractivity contribution in [1.29, 1.82) is 0 Å². The largest absolute Gasteiger partial charge is 0.315 e. The third-order valence-electron chi connectivity index (χ3n) is 4.52. The van der Waals surface area contributed by atoms with Crippen molar-refractivity contribution in [3.8, 4) is 0 Å². The van der Waals surface area contributed by atoms with Gasteiger partial charge in [-0.3, -0.25) is 0 Å². The first-order valence-corrected chi connectivity index (χ1v) is 9.79. The Morgan fingerprint density at radius 2 is 2.00 bits per heavy atom. The zero-order valence-electron chi connectivity index (χ0n) is 13.3. The average Bonchev–Trinajstić information content (AvgIpc) is 2.87. The van der Waals surface area contributed by atoms with E-state index in [0.717, 1.165) is 30.6 Å². The first kappa shape index (κ1) is 16.9. The zero-order valence-corrected chi connectivity index (χ0v) is 15.0. The lowest BCUT2D eigenvalue weighted by molar-refractivity contribution is 0.174. The molecule has 1 aliphatic rings. The van der Waals surface area contributed by atoms with Crippen LogP contribution in [0.2, 0.25) is 0 Å². The van der Waals surface area contributed by atoms with Crippen molar-refractivity contribution in [3.05, 3.63) is 16.3 Å². The molecule has 1 saturated carbocycles. The van der Waals surface area contributed by atoms with Crippen molar-refractivity contribution in [3.63, 3.8) is 0 Å². The zero-order chi connectivity index (χ0) is 15.7. The summed E-state index contributed by atoms with van der Waals surface area (Å²) in [4.78, 5) is 1.36. The Morgan fingerprint density at radius 3 is 2.57 bits per heavy atom. The number of thiophene rings is 1. The van der Waals surface area contributed by atoms with Crippen molar-refractivity contribution in [2.24, 2.45) is 5.41 Å². The van der Waals surface area contributed by atoms with Gasteiger partial charge >= 0.3 is 0 Å². The molecule has 1 aliphatic carbocycles. The molecule has 0 aromatic carbocycles. The van der Waals surface area contributed by atoms with Crippen LogP contribution in [0.15, 0.2) is 16.3 Å². The standard InChI is InChI=1S/C15H26N2O2S2/c1-15(2)8-5-12(6-9-15)17(4)21(18,19)14-7-10-20-13(14)11-16-3/h7,10,12,16H,5-6,8-9,11H2,1-4H3. The maximum absolute atomic E-state index is 12.9. The summed E-state index contributed by atoms with van der Waals surface area (Å²) in [5.74, 6) is 0. The molecule has 1 aromatic heterocycles. The summed E-state index contributed by atoms with van der Waals surface area (Å²) in [7, 11) is 0.190. The summed E-state index contributed by atoms with van der Waals surface area (Å²) in [6, 6.07) is 1.86. The molecule has 1 heterocycles. The van der Waals surface area contributed by atoms with Crippen LogP contribution >= 0.6 is 11.3 Å². The Morgan fingerprint density at radius 1 is 1.38 bits per heavy atom. The fourth-order valence-electron chi connectivity index (χ4n) is 2.95. The number of hydrogen-bond acceptors (Lipinski definition) is 4. The van der Waals surface area contributed by atoms with Crippen LogP contribution in [0.1, 0.15) is 44.4 Å². The minimum absolute atomic E-state index is 0.130. The topological polar surface area (TPSA) is 49.4 Å². The van der Waals surface area contributed by atoms with E-state index in [1.165, 1.54) is 11.3 Å². The molecule has 1 N–H and O–H groups in total. The molecule has 1 aromatic rings. The number of rotatable bonds is 5. The van der Waals surface area contributed by atoms with Crippen LogP contribution in [0.3, 0.4) is 0 Å². The molecule has 0 spiro atoms. The van der Waals surface area contributed by atoms with Gasteiger partial charge in [0.25, 0.3) is 0 Å². The Labute approximate surface area is 132 Å². The molecule has 6 heteroatoms. The molecular weight excluding hydrogens is 304 g/mol. The van der Waals surface area contributed by atoms with E-state index < -0.39 is 10.0 Å². The van der Waals surface area contributed by atoms with Gasteiger partial charge < -0.3 is 5.32 Å². The highest BCUT2D eigenvalue weighted by Crippen LogP contribution is 2.38. The molecule has 0 atom stereocenters. The van der Waals surface area contributed by atoms with Crippen LogP contribution in [-0.2, 0) is 16.6 Å². The predicted octanol–water partition coefficient (Wildman–Crippen LogP) is 3.06. The summed E-state index contributed by atoms with van der Waals surface area (Å²) in [5, 5.41) is 4.90. The van der Waals surface area contributed by atoms with Crippen LogP contribution in [0, 0.1) is 5.41 Å². The van der Waals surface area contributed by atoms with Gasteiger partial charge in [0.15, 0.2) is 0 Å². The van der Waals surface area contributed by atoms with Crippen LogP contribution in [-0.4, -0.2) is 32.9 Å². The van der Waals surface area contributed by atoms with E-state index in [2.05, 4.69) is 19.2 Å². The van der Waals surface area contributed by atoms with Gasteiger partial charge in [-0.05, 0) is 49.6 Å². The predicted molar refractivity (Wildman–Crippen MR) is 88.1 cm³/mol. The van der Waals surface area contributed by atoms with E-state index in [-0.39, 0.29) is 6.04 Å². The lowest BCUT2D eigenvalue weighted by atomic mass is 9.76. The van der Waals surface area contributed by atoms with Gasteiger partial charge in [-0.25, -0.2) is 8.42 Å². The smallest absolute Gasteiger partial charge is 0.244 e. The number of sulfonamides is 1. The molecule has 0 saturated heterocycles. The second-order valence-electron chi connectivity index (χ2n) is 6.65. The van der Waals surface area contributed by atoms with Crippen molar-refractivity contribution in [2.45, 2.75) is 57.0 Å². The summed E-state index contributed by atoms with van der Waals surface area (Å²) < 4.78 is 27.3. The molecule has 0 radical (unpaired) electrons. The Bertz CT molecular complexity index is 568. The van der Waals surface area contributed by atoms with Crippen LogP contribution in [0.25, 0.3) is 0 Å². The molecule has 0 unspecified atom stereocenters. The minimum Gasteiger partial charge on any atom is -0.315 e. The summed E-state index contributed by atoms with van der Waals surface area (Å²) in [6.45, 7) is 5.13. The normalized spacial score (nSPS) is 20.0. The van der Waals surface area contributed by atoms with Crippen LogP contribution in [0.5, 0.6) is 0 Å². The molecule has 0 aliphatic heterocycles. The highest BCUT2D eigenvalue weighted by molar-refractivity contribution is 7.89. The molecule has 0 amide bonds. The molecule has 120 valence electrons. The van der Waals surface area contributed by atoms with Crippen LogP contribution in [0.4, 0.5) is 0 Å². The van der Waals surface area contributed by atoms with E-state index >= 15 is 0 Å². The Hall–Kier alpha value is -0.430.